The molecule has 2 bridgehead atoms. The summed E-state index contributed by atoms with van der Waals surface area (Å²) in [5.41, 5.74) is 0.956. The highest BCUT2D eigenvalue weighted by molar-refractivity contribution is 5.23. The highest BCUT2D eigenvalue weighted by Crippen LogP contribution is 2.37. The summed E-state index contributed by atoms with van der Waals surface area (Å²) in [6.07, 6.45) is 4.57. The first-order valence-corrected chi connectivity index (χ1v) is 5.93. The van der Waals surface area contributed by atoms with E-state index in [0.717, 1.165) is 18.4 Å². The van der Waals surface area contributed by atoms with Crippen molar-refractivity contribution in [2.24, 2.45) is 0 Å². The molecule has 2 aliphatic rings. The number of piperidine rings is 1. The first-order chi connectivity index (χ1) is 7.72. The Bertz CT molecular complexity index is 393. The molecule has 16 heavy (non-hydrogen) atoms. The van der Waals surface area contributed by atoms with Gasteiger partial charge >= 0.3 is 0 Å². The van der Waals surface area contributed by atoms with Gasteiger partial charge in [-0.25, -0.2) is 8.78 Å². The fraction of sp³-hybridized carbons (Fsp3) is 0.538. The van der Waals surface area contributed by atoms with Crippen molar-refractivity contribution in [3.63, 3.8) is 0 Å². The zero-order chi connectivity index (χ0) is 11.1. The lowest BCUT2D eigenvalue weighted by atomic mass is 9.86. The normalized spacial score (nSPS) is 33.0. The van der Waals surface area contributed by atoms with Crippen molar-refractivity contribution in [2.75, 3.05) is 0 Å². The monoisotopic (exact) mass is 223 g/mol. The van der Waals surface area contributed by atoms with Crippen LogP contribution in [-0.4, -0.2) is 12.1 Å². The number of hydrogen-bond donors (Lipinski definition) is 1. The van der Waals surface area contributed by atoms with E-state index in [2.05, 4.69) is 5.32 Å². The first-order valence-electron chi connectivity index (χ1n) is 5.93. The van der Waals surface area contributed by atoms with E-state index in [4.69, 9.17) is 0 Å². The van der Waals surface area contributed by atoms with E-state index in [9.17, 15) is 8.78 Å². The third-order valence-electron chi connectivity index (χ3n) is 3.89. The molecule has 2 fully saturated rings. The SMILES string of the molecule is Fc1ccc(C2CC3CCC(C2)N3)cc1F. The van der Waals surface area contributed by atoms with E-state index in [1.807, 2.05) is 0 Å². The molecule has 0 amide bonds. The number of rotatable bonds is 1. The van der Waals surface area contributed by atoms with Gasteiger partial charge < -0.3 is 5.32 Å². The van der Waals surface area contributed by atoms with Gasteiger partial charge in [0.05, 0.1) is 0 Å². The Morgan fingerprint density at radius 3 is 2.31 bits per heavy atom. The molecular formula is C13H15F2N. The Labute approximate surface area is 93.9 Å². The Kier molecular flexibility index (Phi) is 2.43. The van der Waals surface area contributed by atoms with Gasteiger partial charge in [-0.05, 0) is 49.3 Å². The van der Waals surface area contributed by atoms with Gasteiger partial charge in [-0.1, -0.05) is 6.07 Å². The van der Waals surface area contributed by atoms with Crippen LogP contribution in [0.1, 0.15) is 37.2 Å². The Morgan fingerprint density at radius 2 is 1.69 bits per heavy atom. The molecule has 1 nitrogen and oxygen atoms in total. The highest BCUT2D eigenvalue weighted by Gasteiger charge is 2.34. The molecule has 1 aromatic carbocycles. The maximum Gasteiger partial charge on any atom is 0.159 e. The number of halogens is 2. The standard InChI is InChI=1S/C13H15F2N/c14-12-4-1-8(7-13(12)15)9-5-10-2-3-11(6-9)16-10/h1,4,7,9-11,16H,2-3,5-6H2. The molecule has 0 aromatic heterocycles. The van der Waals surface area contributed by atoms with E-state index in [0.29, 0.717) is 18.0 Å². The molecule has 0 aliphatic carbocycles. The van der Waals surface area contributed by atoms with Gasteiger partial charge in [-0.15, -0.1) is 0 Å². The molecule has 0 saturated carbocycles. The van der Waals surface area contributed by atoms with E-state index >= 15 is 0 Å². The summed E-state index contributed by atoms with van der Waals surface area (Å²) in [6.45, 7) is 0. The van der Waals surface area contributed by atoms with E-state index in [-0.39, 0.29) is 0 Å². The quantitative estimate of drug-likeness (QED) is 0.771. The molecule has 3 rings (SSSR count). The topological polar surface area (TPSA) is 12.0 Å². The number of fused-ring (bicyclic) bond motifs is 2. The Balaban J connectivity index is 1.84. The van der Waals surface area contributed by atoms with Crippen LogP contribution in [0.5, 0.6) is 0 Å². The average molecular weight is 223 g/mol. The molecule has 1 N–H and O–H groups in total. The Morgan fingerprint density at radius 1 is 1.00 bits per heavy atom. The molecule has 2 unspecified atom stereocenters. The van der Waals surface area contributed by atoms with Gasteiger partial charge in [0, 0.05) is 12.1 Å². The minimum absolute atomic E-state index is 0.397. The predicted molar refractivity (Wildman–Crippen MR) is 58.3 cm³/mol. The molecular weight excluding hydrogens is 208 g/mol. The van der Waals surface area contributed by atoms with E-state index in [1.54, 1.807) is 6.07 Å². The van der Waals surface area contributed by atoms with Crippen LogP contribution in [0.25, 0.3) is 0 Å². The minimum atomic E-state index is -0.749. The highest BCUT2D eigenvalue weighted by atomic mass is 19.2. The second-order valence-corrected chi connectivity index (χ2v) is 4.98. The maximum atomic E-state index is 13.2. The summed E-state index contributed by atoms with van der Waals surface area (Å²) in [6, 6.07) is 5.50. The molecule has 1 aromatic rings. The van der Waals surface area contributed by atoms with Crippen LogP contribution < -0.4 is 5.32 Å². The van der Waals surface area contributed by atoms with Gasteiger partial charge in [-0.3, -0.25) is 0 Å². The van der Waals surface area contributed by atoms with Crippen LogP contribution in [0.4, 0.5) is 8.78 Å². The first kappa shape index (κ1) is 10.2. The van der Waals surface area contributed by atoms with Crippen LogP contribution in [0.15, 0.2) is 18.2 Å². The largest absolute Gasteiger partial charge is 0.311 e. The van der Waals surface area contributed by atoms with Crippen LogP contribution in [0.2, 0.25) is 0 Å². The van der Waals surface area contributed by atoms with E-state index in [1.165, 1.54) is 25.0 Å². The molecule has 86 valence electrons. The fourth-order valence-electron chi connectivity index (χ4n) is 3.10. The predicted octanol–water partition coefficient (Wildman–Crippen LogP) is 2.96. The molecule has 0 spiro atoms. The summed E-state index contributed by atoms with van der Waals surface area (Å²) < 4.78 is 26.0. The maximum absolute atomic E-state index is 13.2. The Hall–Kier alpha value is -0.960. The molecule has 3 heteroatoms. The molecule has 0 radical (unpaired) electrons. The lowest BCUT2D eigenvalue weighted by molar-refractivity contribution is 0.362. The third-order valence-corrected chi connectivity index (χ3v) is 3.89. The number of hydrogen-bond acceptors (Lipinski definition) is 1. The average Bonchev–Trinajstić information content (AvgIpc) is 2.62. The van der Waals surface area contributed by atoms with Crippen molar-refractivity contribution < 1.29 is 8.78 Å². The van der Waals surface area contributed by atoms with Crippen molar-refractivity contribution >= 4 is 0 Å². The van der Waals surface area contributed by atoms with Gasteiger partial charge in [0.25, 0.3) is 0 Å². The van der Waals surface area contributed by atoms with Crippen molar-refractivity contribution in [2.45, 2.75) is 43.7 Å². The summed E-state index contributed by atoms with van der Waals surface area (Å²) >= 11 is 0. The van der Waals surface area contributed by atoms with Crippen LogP contribution in [-0.2, 0) is 0 Å². The van der Waals surface area contributed by atoms with Gasteiger partial charge in [-0.2, -0.15) is 0 Å². The van der Waals surface area contributed by atoms with Gasteiger partial charge in [0.1, 0.15) is 0 Å². The van der Waals surface area contributed by atoms with Gasteiger partial charge in [0.15, 0.2) is 11.6 Å². The molecule has 2 saturated heterocycles. The lowest BCUT2D eigenvalue weighted by Gasteiger charge is -2.29. The smallest absolute Gasteiger partial charge is 0.159 e. The van der Waals surface area contributed by atoms with Crippen molar-refractivity contribution in [1.29, 1.82) is 0 Å². The third kappa shape index (κ3) is 1.73. The van der Waals surface area contributed by atoms with Crippen LogP contribution >= 0.6 is 0 Å². The summed E-state index contributed by atoms with van der Waals surface area (Å²) in [5.74, 6) is -1.07. The van der Waals surface area contributed by atoms with Crippen LogP contribution in [0.3, 0.4) is 0 Å². The van der Waals surface area contributed by atoms with Crippen molar-refractivity contribution in [3.8, 4) is 0 Å². The van der Waals surface area contributed by atoms with E-state index < -0.39 is 11.6 Å². The summed E-state index contributed by atoms with van der Waals surface area (Å²) in [4.78, 5) is 0. The van der Waals surface area contributed by atoms with Gasteiger partial charge in [0.2, 0.25) is 0 Å². The van der Waals surface area contributed by atoms with Crippen molar-refractivity contribution in [1.82, 2.24) is 5.32 Å². The fourth-order valence-corrected chi connectivity index (χ4v) is 3.10. The second kappa shape index (κ2) is 3.81. The number of nitrogens with one attached hydrogen (secondary N) is 1. The summed E-state index contributed by atoms with van der Waals surface area (Å²) in [7, 11) is 0. The van der Waals surface area contributed by atoms with Crippen molar-refractivity contribution in [3.05, 3.63) is 35.4 Å². The zero-order valence-electron chi connectivity index (χ0n) is 9.05. The molecule has 2 aliphatic heterocycles. The number of benzene rings is 1. The zero-order valence-corrected chi connectivity index (χ0v) is 9.05. The lowest BCUT2D eigenvalue weighted by Crippen LogP contribution is -2.37. The minimum Gasteiger partial charge on any atom is -0.311 e. The molecule has 2 atom stereocenters. The summed E-state index contributed by atoms with van der Waals surface area (Å²) in [5, 5.41) is 3.55. The molecule has 2 heterocycles. The second-order valence-electron chi connectivity index (χ2n) is 4.98. The van der Waals surface area contributed by atoms with Crippen LogP contribution in [0, 0.1) is 11.6 Å².